The zero-order valence-electron chi connectivity index (χ0n) is 10.1. The molecule has 1 heterocycles. The summed E-state index contributed by atoms with van der Waals surface area (Å²) >= 11 is 1.53. The van der Waals surface area contributed by atoms with Crippen LogP contribution in [0.5, 0.6) is 0 Å². The molecule has 17 heavy (non-hydrogen) atoms. The highest BCUT2D eigenvalue weighted by atomic mass is 32.2. The van der Waals surface area contributed by atoms with E-state index < -0.39 is 0 Å². The van der Waals surface area contributed by atoms with E-state index in [2.05, 4.69) is 10.3 Å². The van der Waals surface area contributed by atoms with Crippen LogP contribution in [0, 0.1) is 0 Å². The van der Waals surface area contributed by atoms with Crippen LogP contribution in [0.25, 0.3) is 0 Å². The largest absolute Gasteiger partial charge is 0.355 e. The van der Waals surface area contributed by atoms with Crippen LogP contribution >= 0.6 is 11.8 Å². The lowest BCUT2D eigenvalue weighted by atomic mass is 10.3. The smallest absolute Gasteiger partial charge is 0.230 e. The fraction of sp³-hybridized carbons (Fsp3) is 0.500. The molecule has 0 spiro atoms. The number of aromatic nitrogens is 1. The van der Waals surface area contributed by atoms with E-state index in [9.17, 15) is 4.79 Å². The van der Waals surface area contributed by atoms with Gasteiger partial charge in [-0.05, 0) is 18.6 Å². The number of nitrogens with two attached hydrogens (primary N) is 1. The van der Waals surface area contributed by atoms with Gasteiger partial charge in [0.05, 0.1) is 16.7 Å². The Morgan fingerprint density at radius 1 is 1.59 bits per heavy atom. The van der Waals surface area contributed by atoms with Crippen molar-refractivity contribution in [3.05, 3.63) is 30.1 Å². The van der Waals surface area contributed by atoms with Crippen LogP contribution < -0.4 is 11.1 Å². The number of thioether (sulfide) groups is 1. The topological polar surface area (TPSA) is 68.0 Å². The van der Waals surface area contributed by atoms with Crippen molar-refractivity contribution >= 4 is 17.7 Å². The van der Waals surface area contributed by atoms with Crippen molar-refractivity contribution in [2.45, 2.75) is 18.6 Å². The zero-order chi connectivity index (χ0) is 12.5. The van der Waals surface area contributed by atoms with Gasteiger partial charge in [-0.15, -0.1) is 11.8 Å². The van der Waals surface area contributed by atoms with Crippen LogP contribution in [0.3, 0.4) is 0 Å². The van der Waals surface area contributed by atoms with Gasteiger partial charge in [0.1, 0.15) is 0 Å². The summed E-state index contributed by atoms with van der Waals surface area (Å²) in [6.07, 6.45) is 2.70. The highest BCUT2D eigenvalue weighted by molar-refractivity contribution is 8.00. The first kappa shape index (κ1) is 14.0. The summed E-state index contributed by atoms with van der Waals surface area (Å²) < 4.78 is 0. The summed E-state index contributed by atoms with van der Waals surface area (Å²) in [5.74, 6) is 0.490. The molecule has 0 aliphatic heterocycles. The van der Waals surface area contributed by atoms with Gasteiger partial charge in [0, 0.05) is 19.3 Å². The maximum absolute atomic E-state index is 11.5. The molecule has 0 radical (unpaired) electrons. The molecule has 0 saturated carbocycles. The monoisotopic (exact) mass is 253 g/mol. The summed E-state index contributed by atoms with van der Waals surface area (Å²) in [5, 5.41) is 2.93. The van der Waals surface area contributed by atoms with Gasteiger partial charge in [0.25, 0.3) is 0 Å². The lowest BCUT2D eigenvalue weighted by Crippen LogP contribution is -2.26. The molecule has 94 valence electrons. The number of carbonyl (C=O) groups is 1. The molecule has 0 bridgehead atoms. The second-order valence-corrected chi connectivity index (χ2v) is 4.83. The van der Waals surface area contributed by atoms with E-state index in [1.54, 1.807) is 6.20 Å². The van der Waals surface area contributed by atoms with E-state index in [0.717, 1.165) is 18.7 Å². The third-order valence-corrected chi connectivity index (χ3v) is 3.48. The number of rotatable bonds is 7. The third kappa shape index (κ3) is 5.19. The van der Waals surface area contributed by atoms with Gasteiger partial charge in [-0.3, -0.25) is 9.78 Å². The van der Waals surface area contributed by atoms with Crippen molar-refractivity contribution in [2.24, 2.45) is 5.73 Å². The number of hydrogen-bond donors (Lipinski definition) is 2. The van der Waals surface area contributed by atoms with Gasteiger partial charge in [-0.2, -0.15) is 0 Å². The van der Waals surface area contributed by atoms with Gasteiger partial charge >= 0.3 is 0 Å². The molecule has 0 aliphatic rings. The Morgan fingerprint density at radius 2 is 2.41 bits per heavy atom. The third-order valence-electron chi connectivity index (χ3n) is 2.22. The highest BCUT2D eigenvalue weighted by Gasteiger charge is 2.13. The Hall–Kier alpha value is -1.07. The summed E-state index contributed by atoms with van der Waals surface area (Å²) in [6.45, 7) is 3.25. The van der Waals surface area contributed by atoms with E-state index in [-0.39, 0.29) is 11.2 Å². The van der Waals surface area contributed by atoms with E-state index in [4.69, 9.17) is 5.73 Å². The summed E-state index contributed by atoms with van der Waals surface area (Å²) in [5.41, 5.74) is 6.63. The standard InChI is InChI=1S/C12H19N3OS/c1-2-6-15-12(16)9-17-11(8-13)10-5-3-4-7-14-10/h3-5,7,11H,2,6,8-9,13H2,1H3,(H,15,16). The molecule has 1 aromatic rings. The Bertz CT molecular complexity index is 332. The van der Waals surface area contributed by atoms with Crippen molar-refractivity contribution in [1.29, 1.82) is 0 Å². The second-order valence-electron chi connectivity index (χ2n) is 3.64. The Kier molecular flexibility index (Phi) is 6.65. The van der Waals surface area contributed by atoms with Crippen molar-refractivity contribution in [3.8, 4) is 0 Å². The van der Waals surface area contributed by atoms with Crippen LogP contribution in [0.4, 0.5) is 0 Å². The molecular formula is C12H19N3OS. The average Bonchev–Trinajstić information content (AvgIpc) is 2.38. The fourth-order valence-corrected chi connectivity index (χ4v) is 2.23. The summed E-state index contributed by atoms with van der Waals surface area (Å²) in [6, 6.07) is 5.74. The molecule has 4 nitrogen and oxygen atoms in total. The number of nitrogens with zero attached hydrogens (tertiary/aromatic N) is 1. The predicted octanol–water partition coefficient (Wildman–Crippen LogP) is 1.34. The lowest BCUT2D eigenvalue weighted by Gasteiger charge is -2.13. The van der Waals surface area contributed by atoms with Crippen molar-refractivity contribution < 1.29 is 4.79 Å². The molecule has 0 aromatic carbocycles. The molecule has 0 aliphatic carbocycles. The first-order valence-corrected chi connectivity index (χ1v) is 6.82. The van der Waals surface area contributed by atoms with Gasteiger partial charge in [0.2, 0.25) is 5.91 Å². The maximum Gasteiger partial charge on any atom is 0.230 e. The minimum absolute atomic E-state index is 0.0613. The molecular weight excluding hydrogens is 234 g/mol. The Balaban J connectivity index is 2.40. The van der Waals surface area contributed by atoms with E-state index in [1.807, 2.05) is 25.1 Å². The van der Waals surface area contributed by atoms with E-state index in [0.29, 0.717) is 12.3 Å². The Morgan fingerprint density at radius 3 is 3.00 bits per heavy atom. The zero-order valence-corrected chi connectivity index (χ0v) is 10.9. The van der Waals surface area contributed by atoms with Gasteiger partial charge in [0.15, 0.2) is 0 Å². The van der Waals surface area contributed by atoms with E-state index >= 15 is 0 Å². The molecule has 3 N–H and O–H groups in total. The predicted molar refractivity (Wildman–Crippen MR) is 71.8 cm³/mol. The number of carbonyl (C=O) groups excluding carboxylic acids is 1. The average molecular weight is 253 g/mol. The fourth-order valence-electron chi connectivity index (χ4n) is 1.33. The number of hydrogen-bond acceptors (Lipinski definition) is 4. The minimum Gasteiger partial charge on any atom is -0.355 e. The number of nitrogens with one attached hydrogen (secondary N) is 1. The highest BCUT2D eigenvalue weighted by Crippen LogP contribution is 2.25. The normalized spacial score (nSPS) is 12.1. The van der Waals surface area contributed by atoms with Crippen molar-refractivity contribution in [3.63, 3.8) is 0 Å². The first-order chi connectivity index (χ1) is 8.27. The molecule has 5 heteroatoms. The van der Waals surface area contributed by atoms with Gasteiger partial charge in [-0.1, -0.05) is 13.0 Å². The van der Waals surface area contributed by atoms with E-state index in [1.165, 1.54) is 11.8 Å². The summed E-state index contributed by atoms with van der Waals surface area (Å²) in [4.78, 5) is 15.7. The molecule has 0 saturated heterocycles. The minimum atomic E-state index is 0.0613. The molecule has 1 amide bonds. The first-order valence-electron chi connectivity index (χ1n) is 5.77. The van der Waals surface area contributed by atoms with Crippen LogP contribution in [0.2, 0.25) is 0 Å². The molecule has 1 aromatic heterocycles. The van der Waals surface area contributed by atoms with Crippen molar-refractivity contribution in [1.82, 2.24) is 10.3 Å². The van der Waals surface area contributed by atoms with Crippen molar-refractivity contribution in [2.75, 3.05) is 18.8 Å². The van der Waals surface area contributed by atoms with Crippen LogP contribution in [-0.2, 0) is 4.79 Å². The van der Waals surface area contributed by atoms with Gasteiger partial charge < -0.3 is 11.1 Å². The molecule has 0 fully saturated rings. The lowest BCUT2D eigenvalue weighted by molar-refractivity contribution is -0.118. The molecule has 1 rings (SSSR count). The summed E-state index contributed by atoms with van der Waals surface area (Å²) in [7, 11) is 0. The van der Waals surface area contributed by atoms with Crippen LogP contribution in [-0.4, -0.2) is 29.7 Å². The quantitative estimate of drug-likeness (QED) is 0.769. The Labute approximate surface area is 106 Å². The molecule has 1 atom stereocenters. The number of amides is 1. The number of pyridine rings is 1. The maximum atomic E-state index is 11.5. The second kappa shape index (κ2) is 8.08. The van der Waals surface area contributed by atoms with Crippen LogP contribution in [0.1, 0.15) is 24.3 Å². The van der Waals surface area contributed by atoms with Crippen LogP contribution in [0.15, 0.2) is 24.4 Å². The van der Waals surface area contributed by atoms with Gasteiger partial charge in [-0.25, -0.2) is 0 Å². The SMILES string of the molecule is CCCNC(=O)CSC(CN)c1ccccn1. The molecule has 1 unspecified atom stereocenters.